The minimum atomic E-state index is -0.0198. The fourth-order valence-electron chi connectivity index (χ4n) is 1.91. The SMILES string of the molecule is Cc1ccc(Br)cc1C(N)Cc1nccn1C. The van der Waals surface area contributed by atoms with Crippen LogP contribution < -0.4 is 5.73 Å². The number of nitrogens with two attached hydrogens (primary N) is 1. The molecule has 2 aromatic rings. The van der Waals surface area contributed by atoms with Crippen molar-refractivity contribution < 1.29 is 0 Å². The van der Waals surface area contributed by atoms with E-state index in [0.717, 1.165) is 16.7 Å². The quantitative estimate of drug-likeness (QED) is 0.946. The summed E-state index contributed by atoms with van der Waals surface area (Å²) in [7, 11) is 1.99. The van der Waals surface area contributed by atoms with E-state index in [1.54, 1.807) is 6.20 Å². The van der Waals surface area contributed by atoms with Gasteiger partial charge in [0.2, 0.25) is 0 Å². The molecular weight excluding hydrogens is 278 g/mol. The maximum absolute atomic E-state index is 6.25. The van der Waals surface area contributed by atoms with Crippen molar-refractivity contribution in [3.05, 3.63) is 52.0 Å². The van der Waals surface area contributed by atoms with Gasteiger partial charge in [0.25, 0.3) is 0 Å². The van der Waals surface area contributed by atoms with Crippen LogP contribution in [-0.4, -0.2) is 9.55 Å². The van der Waals surface area contributed by atoms with Gasteiger partial charge in [-0.2, -0.15) is 0 Å². The fraction of sp³-hybridized carbons (Fsp3) is 0.308. The number of imidazole rings is 1. The average molecular weight is 294 g/mol. The first-order valence-corrected chi connectivity index (χ1v) is 6.35. The van der Waals surface area contributed by atoms with E-state index in [1.165, 1.54) is 11.1 Å². The first-order valence-electron chi connectivity index (χ1n) is 5.55. The van der Waals surface area contributed by atoms with Crippen LogP contribution in [0.25, 0.3) is 0 Å². The normalized spacial score (nSPS) is 12.7. The third kappa shape index (κ3) is 2.76. The summed E-state index contributed by atoms with van der Waals surface area (Å²) in [6.45, 7) is 2.08. The van der Waals surface area contributed by atoms with Gasteiger partial charge < -0.3 is 10.3 Å². The predicted octanol–water partition coefficient (Wildman–Crippen LogP) is 2.73. The number of benzene rings is 1. The number of nitrogens with zero attached hydrogens (tertiary/aromatic N) is 2. The maximum Gasteiger partial charge on any atom is 0.110 e. The molecule has 1 heterocycles. The monoisotopic (exact) mass is 293 g/mol. The van der Waals surface area contributed by atoms with Crippen molar-refractivity contribution in [2.75, 3.05) is 0 Å². The molecule has 1 atom stereocenters. The summed E-state index contributed by atoms with van der Waals surface area (Å²) in [6, 6.07) is 6.18. The van der Waals surface area contributed by atoms with Crippen molar-refractivity contribution in [1.82, 2.24) is 9.55 Å². The maximum atomic E-state index is 6.25. The van der Waals surface area contributed by atoms with Crippen LogP contribution in [0.1, 0.15) is 23.0 Å². The van der Waals surface area contributed by atoms with E-state index in [4.69, 9.17) is 5.73 Å². The molecule has 0 aliphatic heterocycles. The molecule has 0 amide bonds. The number of aryl methyl sites for hydroxylation is 2. The van der Waals surface area contributed by atoms with E-state index in [0.29, 0.717) is 0 Å². The summed E-state index contributed by atoms with van der Waals surface area (Å²) in [5.41, 5.74) is 8.64. The zero-order chi connectivity index (χ0) is 12.4. The summed E-state index contributed by atoms with van der Waals surface area (Å²) in [4.78, 5) is 4.30. The zero-order valence-electron chi connectivity index (χ0n) is 10.0. The first-order chi connectivity index (χ1) is 8.08. The second kappa shape index (κ2) is 5.02. The lowest BCUT2D eigenvalue weighted by Crippen LogP contribution is -2.16. The van der Waals surface area contributed by atoms with Gasteiger partial charge in [0, 0.05) is 36.4 Å². The van der Waals surface area contributed by atoms with Gasteiger partial charge in [-0.1, -0.05) is 22.0 Å². The highest BCUT2D eigenvalue weighted by molar-refractivity contribution is 9.10. The van der Waals surface area contributed by atoms with Crippen LogP contribution >= 0.6 is 15.9 Å². The molecule has 17 heavy (non-hydrogen) atoms. The molecule has 1 unspecified atom stereocenters. The Morgan fingerprint density at radius 2 is 2.24 bits per heavy atom. The average Bonchev–Trinajstić information content (AvgIpc) is 2.68. The molecule has 2 rings (SSSR count). The molecule has 3 nitrogen and oxygen atoms in total. The van der Waals surface area contributed by atoms with E-state index in [-0.39, 0.29) is 6.04 Å². The van der Waals surface area contributed by atoms with E-state index in [1.807, 2.05) is 23.9 Å². The number of halogens is 1. The van der Waals surface area contributed by atoms with Crippen LogP contribution in [-0.2, 0) is 13.5 Å². The topological polar surface area (TPSA) is 43.8 Å². The number of rotatable bonds is 3. The molecule has 4 heteroatoms. The van der Waals surface area contributed by atoms with Gasteiger partial charge >= 0.3 is 0 Å². The second-order valence-electron chi connectivity index (χ2n) is 4.27. The van der Waals surface area contributed by atoms with Crippen molar-refractivity contribution >= 4 is 15.9 Å². The molecule has 0 saturated carbocycles. The molecule has 0 aliphatic rings. The van der Waals surface area contributed by atoms with Crippen molar-refractivity contribution in [1.29, 1.82) is 0 Å². The van der Waals surface area contributed by atoms with Gasteiger partial charge in [0.15, 0.2) is 0 Å². The molecule has 2 N–H and O–H groups in total. The lowest BCUT2D eigenvalue weighted by molar-refractivity contribution is 0.656. The second-order valence-corrected chi connectivity index (χ2v) is 5.18. The molecule has 0 bridgehead atoms. The highest BCUT2D eigenvalue weighted by Gasteiger charge is 2.12. The van der Waals surface area contributed by atoms with Gasteiger partial charge in [-0.15, -0.1) is 0 Å². The molecule has 0 fully saturated rings. The lowest BCUT2D eigenvalue weighted by Gasteiger charge is -2.15. The smallest absolute Gasteiger partial charge is 0.110 e. The van der Waals surface area contributed by atoms with Gasteiger partial charge in [-0.25, -0.2) is 4.98 Å². The Bertz CT molecular complexity index is 519. The summed E-state index contributed by atoms with van der Waals surface area (Å²) >= 11 is 3.48. The molecular formula is C13H16BrN3. The van der Waals surface area contributed by atoms with Crippen LogP contribution in [0.15, 0.2) is 35.1 Å². The zero-order valence-corrected chi connectivity index (χ0v) is 11.6. The minimum Gasteiger partial charge on any atom is -0.338 e. The van der Waals surface area contributed by atoms with E-state index in [9.17, 15) is 0 Å². The Morgan fingerprint density at radius 1 is 1.47 bits per heavy atom. The Balaban J connectivity index is 2.23. The van der Waals surface area contributed by atoms with Crippen molar-refractivity contribution in [2.24, 2.45) is 12.8 Å². The Kier molecular flexibility index (Phi) is 3.64. The lowest BCUT2D eigenvalue weighted by atomic mass is 9.99. The number of aromatic nitrogens is 2. The van der Waals surface area contributed by atoms with Gasteiger partial charge in [0.05, 0.1) is 0 Å². The third-order valence-electron chi connectivity index (χ3n) is 2.96. The van der Waals surface area contributed by atoms with Crippen LogP contribution in [0, 0.1) is 6.92 Å². The third-order valence-corrected chi connectivity index (χ3v) is 3.46. The number of hydrogen-bond donors (Lipinski definition) is 1. The van der Waals surface area contributed by atoms with Gasteiger partial charge in [-0.3, -0.25) is 0 Å². The van der Waals surface area contributed by atoms with Crippen LogP contribution in [0.4, 0.5) is 0 Å². The van der Waals surface area contributed by atoms with Gasteiger partial charge in [-0.05, 0) is 30.2 Å². The van der Waals surface area contributed by atoms with E-state index in [2.05, 4.69) is 40.0 Å². The fourth-order valence-corrected chi connectivity index (χ4v) is 2.29. The molecule has 0 spiro atoms. The van der Waals surface area contributed by atoms with Gasteiger partial charge in [0.1, 0.15) is 5.82 Å². The standard InChI is InChI=1S/C13H16BrN3/c1-9-3-4-10(14)7-11(9)12(15)8-13-16-5-6-17(13)2/h3-7,12H,8,15H2,1-2H3. The minimum absolute atomic E-state index is 0.0198. The Morgan fingerprint density at radius 3 is 2.88 bits per heavy atom. The van der Waals surface area contributed by atoms with E-state index >= 15 is 0 Å². The highest BCUT2D eigenvalue weighted by atomic mass is 79.9. The summed E-state index contributed by atoms with van der Waals surface area (Å²) < 4.78 is 3.07. The molecule has 90 valence electrons. The Hall–Kier alpha value is -1.13. The van der Waals surface area contributed by atoms with Crippen molar-refractivity contribution in [3.8, 4) is 0 Å². The van der Waals surface area contributed by atoms with E-state index < -0.39 is 0 Å². The summed E-state index contributed by atoms with van der Waals surface area (Å²) in [5.74, 6) is 1.01. The first kappa shape index (κ1) is 12.3. The van der Waals surface area contributed by atoms with Crippen LogP contribution in [0.2, 0.25) is 0 Å². The highest BCUT2D eigenvalue weighted by Crippen LogP contribution is 2.23. The van der Waals surface area contributed by atoms with Crippen LogP contribution in [0.3, 0.4) is 0 Å². The van der Waals surface area contributed by atoms with Crippen molar-refractivity contribution in [2.45, 2.75) is 19.4 Å². The molecule has 0 aliphatic carbocycles. The summed E-state index contributed by atoms with van der Waals surface area (Å²) in [5, 5.41) is 0. The van der Waals surface area contributed by atoms with Crippen LogP contribution in [0.5, 0.6) is 0 Å². The summed E-state index contributed by atoms with van der Waals surface area (Å²) in [6.07, 6.45) is 4.49. The molecule has 1 aromatic carbocycles. The number of hydrogen-bond acceptors (Lipinski definition) is 2. The molecule has 1 aromatic heterocycles. The Labute approximate surface area is 110 Å². The van der Waals surface area contributed by atoms with Crippen molar-refractivity contribution in [3.63, 3.8) is 0 Å². The molecule has 0 saturated heterocycles. The largest absolute Gasteiger partial charge is 0.338 e. The molecule has 0 radical (unpaired) electrons. The predicted molar refractivity (Wildman–Crippen MR) is 72.7 cm³/mol.